The third-order valence-corrected chi connectivity index (χ3v) is 5.08. The van der Waals surface area contributed by atoms with Crippen molar-refractivity contribution < 1.29 is 21.3 Å². The lowest BCUT2D eigenvalue weighted by Gasteiger charge is -2.20. The van der Waals surface area contributed by atoms with Gasteiger partial charge in [0.1, 0.15) is 6.04 Å². The average Bonchev–Trinajstić information content (AvgIpc) is 2.84. The molecule has 0 aliphatic heterocycles. The minimum absolute atomic E-state index is 0.0446. The molecule has 116 valence electrons. The highest BCUT2D eigenvalue weighted by Crippen LogP contribution is 2.25. The van der Waals surface area contributed by atoms with Crippen molar-refractivity contribution in [1.82, 2.24) is 14.9 Å². The summed E-state index contributed by atoms with van der Waals surface area (Å²) in [6.07, 6.45) is 1.60. The molecule has 0 unspecified atom stereocenters. The van der Waals surface area contributed by atoms with Crippen molar-refractivity contribution in [3.63, 3.8) is 0 Å². The van der Waals surface area contributed by atoms with Gasteiger partial charge in [-0.15, -0.1) is 5.10 Å². The molecule has 0 aliphatic carbocycles. The topological polar surface area (TPSA) is 119 Å². The highest BCUT2D eigenvalue weighted by molar-refractivity contribution is 7.90. The van der Waals surface area contributed by atoms with Gasteiger partial charge < -0.3 is 4.42 Å². The zero-order valence-electron chi connectivity index (χ0n) is 11.8. The van der Waals surface area contributed by atoms with Crippen LogP contribution in [0.4, 0.5) is 0 Å². The van der Waals surface area contributed by atoms with Crippen molar-refractivity contribution in [3.05, 3.63) is 5.89 Å². The SMILES string of the molecule is CC[C@@H](C)[C@H](NS(=O)(=O)CC)c1nnc(S(C)(=O)=O)o1. The standard InChI is InChI=1S/C10H19N3O5S2/c1-5-7(3)8(13-20(16,17)6-2)9-11-12-10(18-9)19(4,14)15/h7-8,13H,5-6H2,1-4H3/t7-,8+/m1/s1. The number of sulfone groups is 1. The molecule has 0 saturated carbocycles. The maximum absolute atomic E-state index is 11.7. The first-order valence-corrected chi connectivity index (χ1v) is 9.68. The van der Waals surface area contributed by atoms with Crippen LogP contribution in [0, 0.1) is 5.92 Å². The summed E-state index contributed by atoms with van der Waals surface area (Å²) in [5, 5.41) is 6.57. The highest BCUT2D eigenvalue weighted by Gasteiger charge is 2.29. The van der Waals surface area contributed by atoms with Crippen LogP contribution < -0.4 is 4.72 Å². The van der Waals surface area contributed by atoms with Crippen LogP contribution >= 0.6 is 0 Å². The Bertz CT molecular complexity index is 650. The van der Waals surface area contributed by atoms with Crippen molar-refractivity contribution in [2.75, 3.05) is 12.0 Å². The second kappa shape index (κ2) is 6.19. The summed E-state index contributed by atoms with van der Waals surface area (Å²) in [6, 6.07) is -0.743. The van der Waals surface area contributed by atoms with Gasteiger partial charge >= 0.3 is 5.22 Å². The average molecular weight is 325 g/mol. The van der Waals surface area contributed by atoms with Gasteiger partial charge in [0.2, 0.25) is 25.8 Å². The van der Waals surface area contributed by atoms with Crippen LogP contribution in [0.25, 0.3) is 0 Å². The summed E-state index contributed by atoms with van der Waals surface area (Å²) in [6.45, 7) is 5.20. The smallest absolute Gasteiger partial charge is 0.335 e. The predicted octanol–water partition coefficient (Wildman–Crippen LogP) is 0.500. The summed E-state index contributed by atoms with van der Waals surface area (Å²) in [4.78, 5) is 0. The summed E-state index contributed by atoms with van der Waals surface area (Å²) in [7, 11) is -7.09. The molecule has 1 aromatic heterocycles. The fraction of sp³-hybridized carbons (Fsp3) is 0.800. The van der Waals surface area contributed by atoms with E-state index in [4.69, 9.17) is 4.42 Å². The Kier molecular flexibility index (Phi) is 5.27. The molecular formula is C10H19N3O5S2. The minimum atomic E-state index is -3.61. The van der Waals surface area contributed by atoms with Crippen molar-refractivity contribution >= 4 is 19.9 Å². The van der Waals surface area contributed by atoms with E-state index in [1.165, 1.54) is 6.92 Å². The largest absolute Gasteiger partial charge is 0.411 e. The van der Waals surface area contributed by atoms with E-state index in [-0.39, 0.29) is 17.6 Å². The predicted molar refractivity (Wildman–Crippen MR) is 72.2 cm³/mol. The van der Waals surface area contributed by atoms with Gasteiger partial charge in [0.05, 0.1) is 5.75 Å². The molecule has 1 rings (SSSR count). The molecule has 1 N–H and O–H groups in total. The van der Waals surface area contributed by atoms with E-state index in [1.54, 1.807) is 0 Å². The third-order valence-electron chi connectivity index (χ3n) is 2.90. The maximum Gasteiger partial charge on any atom is 0.335 e. The normalized spacial score (nSPS) is 16.0. The number of nitrogens with one attached hydrogen (secondary N) is 1. The molecule has 1 heterocycles. The molecule has 2 atom stereocenters. The molecule has 20 heavy (non-hydrogen) atoms. The zero-order valence-corrected chi connectivity index (χ0v) is 13.5. The number of hydrogen-bond acceptors (Lipinski definition) is 7. The molecule has 0 aliphatic rings. The molecule has 0 saturated heterocycles. The van der Waals surface area contributed by atoms with Gasteiger partial charge in [-0.05, 0) is 12.8 Å². The van der Waals surface area contributed by atoms with Gasteiger partial charge in [0.15, 0.2) is 0 Å². The molecule has 0 amide bonds. The van der Waals surface area contributed by atoms with Crippen LogP contribution in [0.1, 0.15) is 39.1 Å². The van der Waals surface area contributed by atoms with Gasteiger partial charge in [-0.2, -0.15) is 0 Å². The first-order chi connectivity index (χ1) is 9.10. The molecule has 8 nitrogen and oxygen atoms in total. The number of rotatable bonds is 7. The quantitative estimate of drug-likeness (QED) is 0.775. The Morgan fingerprint density at radius 2 is 1.80 bits per heavy atom. The van der Waals surface area contributed by atoms with Crippen molar-refractivity contribution in [1.29, 1.82) is 0 Å². The molecule has 10 heteroatoms. The lowest BCUT2D eigenvalue weighted by molar-refractivity contribution is 0.312. The van der Waals surface area contributed by atoms with E-state index in [0.29, 0.717) is 6.42 Å². The van der Waals surface area contributed by atoms with Crippen LogP contribution in [0.2, 0.25) is 0 Å². The summed E-state index contributed by atoms with van der Waals surface area (Å²) >= 11 is 0. The summed E-state index contributed by atoms with van der Waals surface area (Å²) < 4.78 is 53.5. The Balaban J connectivity index is 3.15. The molecule has 0 spiro atoms. The van der Waals surface area contributed by atoms with Crippen molar-refractivity contribution in [3.8, 4) is 0 Å². The number of sulfonamides is 1. The lowest BCUT2D eigenvalue weighted by atomic mass is 10.0. The van der Waals surface area contributed by atoms with Gasteiger partial charge in [-0.3, -0.25) is 0 Å². The third kappa shape index (κ3) is 4.25. The first kappa shape index (κ1) is 17.1. The Morgan fingerprint density at radius 1 is 1.20 bits per heavy atom. The highest BCUT2D eigenvalue weighted by atomic mass is 32.2. The summed E-state index contributed by atoms with van der Waals surface area (Å²) in [5.74, 6) is -0.256. The molecular weight excluding hydrogens is 306 g/mol. The van der Waals surface area contributed by atoms with Gasteiger partial charge in [-0.25, -0.2) is 21.6 Å². The van der Waals surface area contributed by atoms with E-state index in [0.717, 1.165) is 6.26 Å². The Morgan fingerprint density at radius 3 is 2.20 bits per heavy atom. The Labute approximate surface area is 118 Å². The minimum Gasteiger partial charge on any atom is -0.411 e. The van der Waals surface area contributed by atoms with Gasteiger partial charge in [-0.1, -0.05) is 25.4 Å². The van der Waals surface area contributed by atoms with E-state index in [9.17, 15) is 16.8 Å². The molecule has 0 aromatic carbocycles. The van der Waals surface area contributed by atoms with E-state index in [2.05, 4.69) is 14.9 Å². The molecule has 1 aromatic rings. The van der Waals surface area contributed by atoms with Crippen molar-refractivity contribution in [2.45, 2.75) is 38.5 Å². The first-order valence-electron chi connectivity index (χ1n) is 6.14. The Hall–Kier alpha value is -1.00. The van der Waals surface area contributed by atoms with Crippen LogP contribution in [0.5, 0.6) is 0 Å². The van der Waals surface area contributed by atoms with E-state index < -0.39 is 31.1 Å². The maximum atomic E-state index is 11.7. The molecule has 0 bridgehead atoms. The number of nitrogens with zero attached hydrogens (tertiary/aromatic N) is 2. The molecule has 0 radical (unpaired) electrons. The van der Waals surface area contributed by atoms with Crippen LogP contribution in [-0.2, 0) is 19.9 Å². The van der Waals surface area contributed by atoms with Gasteiger partial charge in [0.25, 0.3) is 0 Å². The molecule has 0 fully saturated rings. The van der Waals surface area contributed by atoms with Crippen molar-refractivity contribution in [2.24, 2.45) is 5.92 Å². The number of hydrogen-bond donors (Lipinski definition) is 1. The van der Waals surface area contributed by atoms with Crippen LogP contribution in [0.15, 0.2) is 9.64 Å². The van der Waals surface area contributed by atoms with Gasteiger partial charge in [0, 0.05) is 6.26 Å². The van der Waals surface area contributed by atoms with Crippen LogP contribution in [-0.4, -0.2) is 39.0 Å². The van der Waals surface area contributed by atoms with E-state index in [1.807, 2.05) is 13.8 Å². The fourth-order valence-corrected chi connectivity index (χ4v) is 2.73. The second-order valence-electron chi connectivity index (χ2n) is 4.56. The zero-order chi connectivity index (χ0) is 15.6. The van der Waals surface area contributed by atoms with E-state index >= 15 is 0 Å². The number of aromatic nitrogens is 2. The summed E-state index contributed by atoms with van der Waals surface area (Å²) in [5.41, 5.74) is 0. The lowest BCUT2D eigenvalue weighted by Crippen LogP contribution is -2.33. The second-order valence-corrected chi connectivity index (χ2v) is 8.50. The monoisotopic (exact) mass is 325 g/mol. The fourth-order valence-electron chi connectivity index (χ4n) is 1.42. The van der Waals surface area contributed by atoms with Crippen LogP contribution in [0.3, 0.4) is 0 Å².